The number of nitrogens with one attached hydrogen (secondary N) is 1. The molecule has 0 aliphatic carbocycles. The number of anilines is 1. The Morgan fingerprint density at radius 2 is 2.38 bits per heavy atom. The first kappa shape index (κ1) is 11.7. The Kier molecular flexibility index (Phi) is 3.70. The molecule has 0 saturated carbocycles. The number of thioether (sulfide) groups is 1. The molecule has 0 radical (unpaired) electrons. The number of nitro groups is 1. The van der Waals surface area contributed by atoms with Crippen molar-refractivity contribution in [2.45, 2.75) is 12.5 Å². The lowest BCUT2D eigenvalue weighted by Crippen LogP contribution is -2.17. The van der Waals surface area contributed by atoms with Gasteiger partial charge in [0.15, 0.2) is 0 Å². The highest BCUT2D eigenvalue weighted by Crippen LogP contribution is 2.29. The molecule has 1 aliphatic rings. The van der Waals surface area contributed by atoms with Crippen LogP contribution in [0.15, 0.2) is 22.7 Å². The third-order valence-corrected chi connectivity index (χ3v) is 4.28. The molecule has 2 rings (SSSR count). The highest BCUT2D eigenvalue weighted by atomic mass is 79.9. The third-order valence-electron chi connectivity index (χ3n) is 2.44. The minimum atomic E-state index is -0.376. The van der Waals surface area contributed by atoms with Gasteiger partial charge in [0.05, 0.1) is 9.40 Å². The summed E-state index contributed by atoms with van der Waals surface area (Å²) in [6.45, 7) is 0. The summed E-state index contributed by atoms with van der Waals surface area (Å²) in [6.07, 6.45) is 1.12. The van der Waals surface area contributed by atoms with Crippen LogP contribution < -0.4 is 5.32 Å². The van der Waals surface area contributed by atoms with Gasteiger partial charge >= 0.3 is 0 Å². The quantitative estimate of drug-likeness (QED) is 0.688. The van der Waals surface area contributed by atoms with Gasteiger partial charge in [-0.05, 0) is 40.2 Å². The van der Waals surface area contributed by atoms with Crippen LogP contribution in [0.4, 0.5) is 11.4 Å². The summed E-state index contributed by atoms with van der Waals surface area (Å²) in [5.74, 6) is 2.24. The van der Waals surface area contributed by atoms with Gasteiger partial charge in [0, 0.05) is 23.5 Å². The molecule has 1 heterocycles. The number of nitrogens with zero attached hydrogens (tertiary/aromatic N) is 1. The molecule has 1 N–H and O–H groups in total. The first-order valence-corrected chi connectivity index (χ1v) is 6.90. The smallest absolute Gasteiger partial charge is 0.285 e. The van der Waals surface area contributed by atoms with Gasteiger partial charge in [0.2, 0.25) is 0 Å². The molecule has 0 amide bonds. The van der Waals surface area contributed by atoms with Gasteiger partial charge in [0.25, 0.3) is 5.69 Å². The lowest BCUT2D eigenvalue weighted by Gasteiger charge is -2.12. The summed E-state index contributed by atoms with van der Waals surface area (Å²) < 4.78 is 0.517. The van der Waals surface area contributed by atoms with Crippen molar-refractivity contribution in [1.82, 2.24) is 0 Å². The van der Waals surface area contributed by atoms with E-state index in [1.165, 1.54) is 0 Å². The van der Waals surface area contributed by atoms with E-state index in [0.29, 0.717) is 10.5 Å². The third kappa shape index (κ3) is 2.68. The first-order chi connectivity index (χ1) is 7.66. The zero-order chi connectivity index (χ0) is 11.5. The summed E-state index contributed by atoms with van der Waals surface area (Å²) >= 11 is 5.08. The van der Waals surface area contributed by atoms with Crippen molar-refractivity contribution < 1.29 is 4.92 Å². The largest absolute Gasteiger partial charge is 0.381 e. The Bertz CT molecular complexity index is 408. The van der Waals surface area contributed by atoms with E-state index in [2.05, 4.69) is 21.2 Å². The summed E-state index contributed by atoms with van der Waals surface area (Å²) in [5.41, 5.74) is 0.929. The van der Waals surface area contributed by atoms with Crippen molar-refractivity contribution in [2.75, 3.05) is 16.8 Å². The lowest BCUT2D eigenvalue weighted by atomic mass is 10.2. The summed E-state index contributed by atoms with van der Waals surface area (Å²) in [4.78, 5) is 10.4. The van der Waals surface area contributed by atoms with Crippen LogP contribution in [-0.2, 0) is 0 Å². The zero-order valence-electron chi connectivity index (χ0n) is 8.48. The van der Waals surface area contributed by atoms with E-state index in [0.717, 1.165) is 23.6 Å². The van der Waals surface area contributed by atoms with Gasteiger partial charge in [-0.15, -0.1) is 0 Å². The SMILES string of the molecule is O=[N+]([O-])c1cc(NC2CCSC2)ccc1Br. The average Bonchev–Trinajstić information content (AvgIpc) is 2.73. The average molecular weight is 303 g/mol. The van der Waals surface area contributed by atoms with Crippen molar-refractivity contribution in [3.8, 4) is 0 Å². The van der Waals surface area contributed by atoms with Crippen molar-refractivity contribution in [3.05, 3.63) is 32.8 Å². The van der Waals surface area contributed by atoms with Crippen LogP contribution in [0.2, 0.25) is 0 Å². The van der Waals surface area contributed by atoms with E-state index in [1.807, 2.05) is 17.8 Å². The molecule has 4 nitrogen and oxygen atoms in total. The van der Waals surface area contributed by atoms with E-state index in [9.17, 15) is 10.1 Å². The second kappa shape index (κ2) is 5.05. The van der Waals surface area contributed by atoms with Gasteiger partial charge in [-0.2, -0.15) is 11.8 Å². The fourth-order valence-corrected chi connectivity index (χ4v) is 3.17. The van der Waals surface area contributed by atoms with Crippen molar-refractivity contribution in [2.24, 2.45) is 0 Å². The number of hydrogen-bond donors (Lipinski definition) is 1. The molecule has 1 aromatic rings. The molecule has 6 heteroatoms. The maximum atomic E-state index is 10.8. The molecule has 1 aromatic carbocycles. The standard InChI is InChI=1S/C10H11BrN2O2S/c11-9-2-1-7(5-10(9)13(14)15)12-8-3-4-16-6-8/h1-2,5,8,12H,3-4,6H2. The normalized spacial score (nSPS) is 19.7. The number of rotatable bonds is 3. The minimum Gasteiger partial charge on any atom is -0.381 e. The Morgan fingerprint density at radius 1 is 1.56 bits per heavy atom. The van der Waals surface area contributed by atoms with Gasteiger partial charge < -0.3 is 5.32 Å². The number of hydrogen-bond acceptors (Lipinski definition) is 4. The maximum absolute atomic E-state index is 10.8. The number of halogens is 1. The first-order valence-electron chi connectivity index (χ1n) is 4.95. The summed E-state index contributed by atoms with van der Waals surface area (Å²) in [6, 6.07) is 5.58. The molecule has 0 spiro atoms. The monoisotopic (exact) mass is 302 g/mol. The van der Waals surface area contributed by atoms with Crippen LogP contribution in [0, 0.1) is 10.1 Å². The van der Waals surface area contributed by atoms with Crippen LogP contribution in [0.3, 0.4) is 0 Å². The Morgan fingerprint density at radius 3 is 3.00 bits per heavy atom. The molecular weight excluding hydrogens is 292 g/mol. The van der Waals surface area contributed by atoms with E-state index >= 15 is 0 Å². The van der Waals surface area contributed by atoms with Crippen LogP contribution in [0.1, 0.15) is 6.42 Å². The lowest BCUT2D eigenvalue weighted by molar-refractivity contribution is -0.385. The molecule has 16 heavy (non-hydrogen) atoms. The van der Waals surface area contributed by atoms with Crippen LogP contribution in [-0.4, -0.2) is 22.5 Å². The van der Waals surface area contributed by atoms with Gasteiger partial charge in [-0.3, -0.25) is 10.1 Å². The molecule has 1 saturated heterocycles. The van der Waals surface area contributed by atoms with E-state index in [4.69, 9.17) is 0 Å². The van der Waals surface area contributed by atoms with Crippen LogP contribution in [0.25, 0.3) is 0 Å². The van der Waals surface area contributed by atoms with E-state index < -0.39 is 0 Å². The highest BCUT2D eigenvalue weighted by Gasteiger charge is 2.17. The fourth-order valence-electron chi connectivity index (χ4n) is 1.63. The molecule has 1 fully saturated rings. The van der Waals surface area contributed by atoms with E-state index in [1.54, 1.807) is 12.1 Å². The molecule has 1 aliphatic heterocycles. The van der Waals surface area contributed by atoms with Gasteiger partial charge in [-0.1, -0.05) is 0 Å². The predicted molar refractivity (Wildman–Crippen MR) is 70.1 cm³/mol. The number of benzene rings is 1. The van der Waals surface area contributed by atoms with Crippen LogP contribution in [0.5, 0.6) is 0 Å². The van der Waals surface area contributed by atoms with Crippen molar-refractivity contribution in [3.63, 3.8) is 0 Å². The molecule has 0 aromatic heterocycles. The minimum absolute atomic E-state index is 0.107. The highest BCUT2D eigenvalue weighted by molar-refractivity contribution is 9.10. The molecule has 0 bridgehead atoms. The fraction of sp³-hybridized carbons (Fsp3) is 0.400. The molecule has 1 atom stereocenters. The van der Waals surface area contributed by atoms with Crippen LogP contribution >= 0.6 is 27.7 Å². The van der Waals surface area contributed by atoms with E-state index in [-0.39, 0.29) is 10.6 Å². The van der Waals surface area contributed by atoms with Crippen molar-refractivity contribution >= 4 is 39.1 Å². The maximum Gasteiger partial charge on any atom is 0.285 e. The second-order valence-electron chi connectivity index (χ2n) is 3.63. The van der Waals surface area contributed by atoms with Gasteiger partial charge in [-0.25, -0.2) is 0 Å². The molecular formula is C10H11BrN2O2S. The Labute approximate surface area is 106 Å². The zero-order valence-corrected chi connectivity index (χ0v) is 10.9. The number of nitro benzene ring substituents is 1. The summed E-state index contributed by atoms with van der Waals surface area (Å²) in [5, 5.41) is 14.1. The molecule has 86 valence electrons. The predicted octanol–water partition coefficient (Wildman–Crippen LogP) is 3.27. The topological polar surface area (TPSA) is 55.2 Å². The van der Waals surface area contributed by atoms with Crippen molar-refractivity contribution in [1.29, 1.82) is 0 Å². The Hall–Kier alpha value is -0.750. The molecule has 1 unspecified atom stereocenters. The second-order valence-corrected chi connectivity index (χ2v) is 5.63. The Balaban J connectivity index is 2.15. The summed E-state index contributed by atoms with van der Waals surface area (Å²) in [7, 11) is 0. The van der Waals surface area contributed by atoms with Gasteiger partial charge in [0.1, 0.15) is 0 Å².